The van der Waals surface area contributed by atoms with Gasteiger partial charge in [-0.25, -0.2) is 17.9 Å². The number of hydrogen-bond donors (Lipinski definition) is 2. The van der Waals surface area contributed by atoms with Crippen LogP contribution < -0.4 is 24.5 Å². The van der Waals surface area contributed by atoms with Crippen LogP contribution in [-0.4, -0.2) is 61.0 Å². The minimum atomic E-state index is -4.07. The van der Waals surface area contributed by atoms with Gasteiger partial charge in [-0.15, -0.1) is 5.10 Å². The molecule has 1 aliphatic rings. The van der Waals surface area contributed by atoms with E-state index < -0.39 is 10.0 Å². The fourth-order valence-electron chi connectivity index (χ4n) is 5.07. The van der Waals surface area contributed by atoms with Gasteiger partial charge in [-0.3, -0.25) is 9.52 Å². The second-order valence-corrected chi connectivity index (χ2v) is 12.0. The van der Waals surface area contributed by atoms with E-state index in [1.165, 1.54) is 23.8 Å². The van der Waals surface area contributed by atoms with Gasteiger partial charge >= 0.3 is 0 Å². The first-order valence-corrected chi connectivity index (χ1v) is 15.9. The number of fused-ring (bicyclic) bond motifs is 1. The summed E-state index contributed by atoms with van der Waals surface area (Å²) in [7, 11) is -2.57. The SMILES string of the molecule is CCCc1nc(C)c2c(=O)[nH]c(-c3cc(S(=O)(=O)Nc4ccc(OCC5CCCCO5)c(OC)c4)ccc3OCC)nn12. The van der Waals surface area contributed by atoms with Crippen molar-refractivity contribution in [3.8, 4) is 28.6 Å². The molecule has 4 aromatic rings. The third kappa shape index (κ3) is 6.62. The number of aromatic amines is 1. The van der Waals surface area contributed by atoms with Gasteiger partial charge in [0, 0.05) is 19.1 Å². The number of aryl methyl sites for hydroxylation is 2. The molecule has 5 rings (SSSR count). The molecule has 0 bridgehead atoms. The number of rotatable bonds is 12. The summed E-state index contributed by atoms with van der Waals surface area (Å²) in [6.45, 7) is 7.03. The van der Waals surface area contributed by atoms with Crippen molar-refractivity contribution in [2.75, 3.05) is 31.7 Å². The second-order valence-electron chi connectivity index (χ2n) is 10.3. The van der Waals surface area contributed by atoms with Crippen LogP contribution in [0.15, 0.2) is 46.1 Å². The molecule has 12 nitrogen and oxygen atoms in total. The Morgan fingerprint density at radius 2 is 1.91 bits per heavy atom. The number of ether oxygens (including phenoxy) is 4. The Morgan fingerprint density at radius 1 is 1.09 bits per heavy atom. The Labute approximate surface area is 250 Å². The molecule has 2 aromatic heterocycles. The number of benzene rings is 2. The van der Waals surface area contributed by atoms with E-state index in [-0.39, 0.29) is 22.4 Å². The lowest BCUT2D eigenvalue weighted by Crippen LogP contribution is -2.25. The summed E-state index contributed by atoms with van der Waals surface area (Å²) in [5.74, 6) is 2.07. The Kier molecular flexibility index (Phi) is 9.21. The first kappa shape index (κ1) is 30.4. The zero-order valence-corrected chi connectivity index (χ0v) is 25.6. The van der Waals surface area contributed by atoms with Crippen molar-refractivity contribution < 1.29 is 27.4 Å². The number of sulfonamides is 1. The molecule has 3 heterocycles. The van der Waals surface area contributed by atoms with Crippen LogP contribution in [0.5, 0.6) is 17.2 Å². The number of nitrogens with one attached hydrogen (secondary N) is 2. The summed E-state index contributed by atoms with van der Waals surface area (Å²) < 4.78 is 54.1. The maximum absolute atomic E-state index is 13.5. The lowest BCUT2D eigenvalue weighted by molar-refractivity contribution is -0.0114. The second kappa shape index (κ2) is 13.0. The van der Waals surface area contributed by atoms with Crippen molar-refractivity contribution in [1.82, 2.24) is 19.6 Å². The number of anilines is 1. The average Bonchev–Trinajstić information content (AvgIpc) is 3.32. The summed E-state index contributed by atoms with van der Waals surface area (Å²) >= 11 is 0. The number of H-pyrrole nitrogens is 1. The normalized spacial score (nSPS) is 15.4. The maximum Gasteiger partial charge on any atom is 0.277 e. The lowest BCUT2D eigenvalue weighted by Gasteiger charge is -2.23. The molecule has 0 spiro atoms. The van der Waals surface area contributed by atoms with Gasteiger partial charge in [0.25, 0.3) is 15.6 Å². The first-order chi connectivity index (χ1) is 20.7. The molecule has 230 valence electrons. The van der Waals surface area contributed by atoms with Crippen molar-refractivity contribution in [2.24, 2.45) is 0 Å². The van der Waals surface area contributed by atoms with Crippen LogP contribution in [0, 0.1) is 6.92 Å². The monoisotopic (exact) mass is 611 g/mol. The van der Waals surface area contributed by atoms with E-state index in [9.17, 15) is 13.2 Å². The van der Waals surface area contributed by atoms with Gasteiger partial charge in [-0.1, -0.05) is 6.92 Å². The van der Waals surface area contributed by atoms with Crippen molar-refractivity contribution in [1.29, 1.82) is 0 Å². The van der Waals surface area contributed by atoms with Crippen molar-refractivity contribution in [2.45, 2.75) is 63.9 Å². The van der Waals surface area contributed by atoms with E-state index in [0.29, 0.717) is 65.2 Å². The van der Waals surface area contributed by atoms with Crippen LogP contribution in [0.2, 0.25) is 0 Å². The van der Waals surface area contributed by atoms with E-state index in [2.05, 4.69) is 19.8 Å². The van der Waals surface area contributed by atoms with Gasteiger partial charge in [0.05, 0.1) is 41.7 Å². The standard InChI is InChI=1S/C30H37N5O7S/c1-5-9-27-31-19(3)28-30(36)32-29(33-35(27)28)23-17-22(12-14-24(23)40-6-2)43(37,38)34-20-11-13-25(26(16-20)39-4)42-18-21-10-7-8-15-41-21/h11-14,16-17,21,34H,5-10,15,18H2,1-4H3,(H,32,33,36). The van der Waals surface area contributed by atoms with E-state index in [4.69, 9.17) is 18.9 Å². The van der Waals surface area contributed by atoms with Crippen LogP contribution in [0.1, 0.15) is 51.0 Å². The summed E-state index contributed by atoms with van der Waals surface area (Å²) in [4.78, 5) is 20.3. The minimum Gasteiger partial charge on any atom is -0.493 e. The number of imidazole rings is 1. The zero-order valence-electron chi connectivity index (χ0n) is 24.8. The predicted molar refractivity (Wildman–Crippen MR) is 162 cm³/mol. The minimum absolute atomic E-state index is 0.0201. The number of methoxy groups -OCH3 is 1. The topological polar surface area (TPSA) is 146 Å². The van der Waals surface area contributed by atoms with Gasteiger partial charge < -0.3 is 23.9 Å². The Morgan fingerprint density at radius 3 is 2.63 bits per heavy atom. The van der Waals surface area contributed by atoms with Crippen LogP contribution in [0.4, 0.5) is 5.69 Å². The molecule has 0 saturated carbocycles. The summed E-state index contributed by atoms with van der Waals surface area (Å²) in [5, 5.41) is 4.64. The van der Waals surface area contributed by atoms with E-state index in [1.807, 2.05) is 13.8 Å². The molecule has 1 aliphatic heterocycles. The third-order valence-corrected chi connectivity index (χ3v) is 8.53. The third-order valence-electron chi connectivity index (χ3n) is 7.15. The molecule has 1 atom stereocenters. The molecule has 0 amide bonds. The maximum atomic E-state index is 13.5. The van der Waals surface area contributed by atoms with Crippen LogP contribution in [-0.2, 0) is 21.2 Å². The summed E-state index contributed by atoms with van der Waals surface area (Å²) in [6, 6.07) is 9.25. The highest BCUT2D eigenvalue weighted by Crippen LogP contribution is 2.34. The Hall–Kier alpha value is -4.10. The predicted octanol–water partition coefficient (Wildman–Crippen LogP) is 4.50. The molecule has 1 saturated heterocycles. The summed E-state index contributed by atoms with van der Waals surface area (Å²) in [6.07, 6.45) is 4.55. The number of aromatic nitrogens is 4. The van der Waals surface area contributed by atoms with Gasteiger partial charge in [-0.2, -0.15) is 0 Å². The molecule has 1 fully saturated rings. The molecule has 43 heavy (non-hydrogen) atoms. The highest BCUT2D eigenvalue weighted by Gasteiger charge is 2.22. The fraction of sp³-hybridized carbons (Fsp3) is 0.433. The van der Waals surface area contributed by atoms with Crippen LogP contribution in [0.25, 0.3) is 16.9 Å². The van der Waals surface area contributed by atoms with Crippen molar-refractivity contribution >= 4 is 21.2 Å². The highest BCUT2D eigenvalue weighted by molar-refractivity contribution is 7.92. The smallest absolute Gasteiger partial charge is 0.277 e. The van der Waals surface area contributed by atoms with E-state index in [1.54, 1.807) is 31.2 Å². The fourth-order valence-corrected chi connectivity index (χ4v) is 6.15. The quantitative estimate of drug-likeness (QED) is 0.236. The van der Waals surface area contributed by atoms with Crippen LogP contribution in [0.3, 0.4) is 0 Å². The van der Waals surface area contributed by atoms with Gasteiger partial charge in [0.1, 0.15) is 18.2 Å². The van der Waals surface area contributed by atoms with Crippen molar-refractivity contribution in [3.05, 3.63) is 58.3 Å². The van der Waals surface area contributed by atoms with Crippen molar-refractivity contribution in [3.63, 3.8) is 0 Å². The van der Waals surface area contributed by atoms with E-state index >= 15 is 0 Å². The van der Waals surface area contributed by atoms with E-state index in [0.717, 1.165) is 32.3 Å². The molecule has 0 radical (unpaired) electrons. The average molecular weight is 612 g/mol. The zero-order chi connectivity index (χ0) is 30.6. The number of hydrogen-bond acceptors (Lipinski definition) is 9. The van der Waals surface area contributed by atoms with Gasteiger partial charge in [-0.05, 0) is 69.9 Å². The molecule has 0 aliphatic carbocycles. The highest BCUT2D eigenvalue weighted by atomic mass is 32.2. The van der Waals surface area contributed by atoms with Crippen LogP contribution >= 0.6 is 0 Å². The first-order valence-electron chi connectivity index (χ1n) is 14.4. The molecule has 1 unspecified atom stereocenters. The Bertz CT molecular complexity index is 1760. The molecular formula is C30H37N5O7S. The largest absolute Gasteiger partial charge is 0.493 e. The number of nitrogens with zero attached hydrogens (tertiary/aromatic N) is 3. The van der Waals surface area contributed by atoms with Gasteiger partial charge in [0.15, 0.2) is 22.8 Å². The molecular weight excluding hydrogens is 574 g/mol. The lowest BCUT2D eigenvalue weighted by atomic mass is 10.1. The molecule has 2 aromatic carbocycles. The van der Waals surface area contributed by atoms with Gasteiger partial charge in [0.2, 0.25) is 0 Å². The molecule has 2 N–H and O–H groups in total. The Balaban J connectivity index is 1.45. The summed E-state index contributed by atoms with van der Waals surface area (Å²) in [5.41, 5.74) is 1.16. The molecule has 13 heteroatoms.